The Bertz CT molecular complexity index is 1250. The van der Waals surface area contributed by atoms with Gasteiger partial charge in [-0.15, -0.1) is 0 Å². The number of hydrogen-bond donors (Lipinski definition) is 2. The number of methoxy groups -OCH3 is 1. The fourth-order valence-corrected chi connectivity index (χ4v) is 3.06. The number of aromatic nitrogens is 3. The van der Waals surface area contributed by atoms with E-state index in [0.717, 1.165) is 0 Å². The number of carbonyl (C=O) groups is 1. The molecule has 2 heterocycles. The molecule has 0 bridgehead atoms. The summed E-state index contributed by atoms with van der Waals surface area (Å²) < 4.78 is 12.5. The molecule has 0 saturated carbocycles. The Morgan fingerprint density at radius 1 is 1.10 bits per heavy atom. The average molecular weight is 404 g/mol. The predicted octanol–water partition coefficient (Wildman–Crippen LogP) is 3.42. The van der Waals surface area contributed by atoms with Gasteiger partial charge in [0.1, 0.15) is 11.7 Å². The van der Waals surface area contributed by atoms with Crippen LogP contribution in [0.4, 0.5) is 5.69 Å². The van der Waals surface area contributed by atoms with Gasteiger partial charge in [-0.1, -0.05) is 30.3 Å². The summed E-state index contributed by atoms with van der Waals surface area (Å²) in [6.07, 6.45) is 0.913. The number of hydrogen-bond acceptors (Lipinski definition) is 5. The highest BCUT2D eigenvalue weighted by atomic mass is 16.5. The molecule has 0 spiro atoms. The van der Waals surface area contributed by atoms with Crippen LogP contribution in [-0.4, -0.2) is 27.6 Å². The molecule has 0 saturated heterocycles. The molecule has 8 heteroatoms. The van der Waals surface area contributed by atoms with Crippen LogP contribution in [0, 0.1) is 0 Å². The maximum absolute atomic E-state index is 12.7. The van der Waals surface area contributed by atoms with Crippen molar-refractivity contribution in [3.63, 3.8) is 0 Å². The van der Waals surface area contributed by atoms with Crippen LogP contribution in [0.15, 0.2) is 71.7 Å². The molecule has 30 heavy (non-hydrogen) atoms. The molecule has 1 atom stereocenters. The molecular weight excluding hydrogens is 384 g/mol. The Labute approximate surface area is 172 Å². The number of nitrogens with one attached hydrogen (secondary N) is 2. The first-order chi connectivity index (χ1) is 14.6. The molecule has 0 radical (unpaired) electrons. The highest BCUT2D eigenvalue weighted by Gasteiger charge is 2.19. The molecule has 0 aliphatic heterocycles. The van der Waals surface area contributed by atoms with Crippen molar-refractivity contribution >= 4 is 17.2 Å². The van der Waals surface area contributed by atoms with Gasteiger partial charge in [-0.3, -0.25) is 14.7 Å². The maximum atomic E-state index is 12.7. The van der Waals surface area contributed by atoms with Gasteiger partial charge in [0.05, 0.1) is 12.8 Å². The second-order valence-corrected chi connectivity index (χ2v) is 6.60. The van der Waals surface area contributed by atoms with Crippen LogP contribution in [-0.2, 0) is 0 Å². The third-order valence-corrected chi connectivity index (χ3v) is 4.58. The van der Waals surface area contributed by atoms with E-state index in [2.05, 4.69) is 15.4 Å². The quantitative estimate of drug-likeness (QED) is 0.513. The normalized spacial score (nSPS) is 11.8. The first-order valence-electron chi connectivity index (χ1n) is 9.34. The minimum absolute atomic E-state index is 0.224. The minimum atomic E-state index is -0.543. The van der Waals surface area contributed by atoms with Crippen molar-refractivity contribution in [2.75, 3.05) is 12.4 Å². The van der Waals surface area contributed by atoms with Crippen molar-refractivity contribution in [1.82, 2.24) is 14.6 Å². The van der Waals surface area contributed by atoms with Crippen LogP contribution in [0.1, 0.15) is 29.1 Å². The molecule has 2 N–H and O–H groups in total. The molecule has 152 valence electrons. The van der Waals surface area contributed by atoms with Crippen molar-refractivity contribution < 1.29 is 14.3 Å². The number of fused-ring (bicyclic) bond motifs is 1. The molecule has 0 unspecified atom stereocenters. The number of para-hydroxylation sites is 3. The van der Waals surface area contributed by atoms with Gasteiger partial charge >= 0.3 is 0 Å². The van der Waals surface area contributed by atoms with E-state index in [1.807, 2.05) is 30.3 Å². The Morgan fingerprint density at radius 3 is 2.53 bits per heavy atom. The van der Waals surface area contributed by atoms with E-state index >= 15 is 0 Å². The molecule has 0 aliphatic rings. The van der Waals surface area contributed by atoms with E-state index in [0.29, 0.717) is 22.9 Å². The summed E-state index contributed by atoms with van der Waals surface area (Å²) in [5, 5.41) is 5.57. The topological polar surface area (TPSA) is 97.7 Å². The van der Waals surface area contributed by atoms with Gasteiger partial charge in [-0.05, 0) is 31.2 Å². The lowest BCUT2D eigenvalue weighted by molar-refractivity contribution is 0.102. The van der Waals surface area contributed by atoms with E-state index in [4.69, 9.17) is 9.47 Å². The van der Waals surface area contributed by atoms with Crippen LogP contribution in [0.5, 0.6) is 11.5 Å². The van der Waals surface area contributed by atoms with Crippen molar-refractivity contribution in [1.29, 1.82) is 0 Å². The lowest BCUT2D eigenvalue weighted by atomic mass is 10.2. The third-order valence-electron chi connectivity index (χ3n) is 4.58. The second-order valence-electron chi connectivity index (χ2n) is 6.60. The number of carbonyl (C=O) groups excluding carboxylic acids is 1. The smallest absolute Gasteiger partial charge is 0.273 e. The van der Waals surface area contributed by atoms with Crippen molar-refractivity contribution in [2.45, 2.75) is 13.0 Å². The largest absolute Gasteiger partial charge is 0.493 e. The van der Waals surface area contributed by atoms with Crippen molar-refractivity contribution in [3.05, 3.63) is 88.5 Å². The highest BCUT2D eigenvalue weighted by molar-refractivity contribution is 6.08. The molecule has 1 amide bonds. The number of anilines is 1. The number of amides is 1. The minimum Gasteiger partial charge on any atom is -0.493 e. The van der Waals surface area contributed by atoms with Gasteiger partial charge in [-0.25, -0.2) is 9.50 Å². The van der Waals surface area contributed by atoms with Gasteiger partial charge in [0, 0.05) is 18.0 Å². The van der Waals surface area contributed by atoms with Gasteiger partial charge in [-0.2, -0.15) is 0 Å². The van der Waals surface area contributed by atoms with Crippen LogP contribution in [0.25, 0.3) is 5.65 Å². The van der Waals surface area contributed by atoms with Gasteiger partial charge < -0.3 is 14.8 Å². The van der Waals surface area contributed by atoms with Crippen molar-refractivity contribution in [2.24, 2.45) is 0 Å². The van der Waals surface area contributed by atoms with Crippen LogP contribution < -0.4 is 20.3 Å². The Morgan fingerprint density at radius 2 is 1.80 bits per heavy atom. The summed E-state index contributed by atoms with van der Waals surface area (Å²) in [5.41, 5.74) is 1.18. The van der Waals surface area contributed by atoms with E-state index in [1.54, 1.807) is 38.3 Å². The summed E-state index contributed by atoms with van der Waals surface area (Å²) in [7, 11) is 1.56. The van der Waals surface area contributed by atoms with E-state index in [1.165, 1.54) is 16.8 Å². The lowest BCUT2D eigenvalue weighted by Crippen LogP contribution is -2.19. The molecular formula is C22H20N4O4. The van der Waals surface area contributed by atoms with E-state index in [9.17, 15) is 9.59 Å². The Balaban J connectivity index is 1.66. The monoisotopic (exact) mass is 404 g/mol. The fraction of sp³-hybridized carbons (Fsp3) is 0.136. The number of nitrogens with zero attached hydrogens (tertiary/aromatic N) is 2. The number of H-pyrrole nitrogens is 1. The third kappa shape index (κ3) is 3.75. The zero-order chi connectivity index (χ0) is 21.1. The van der Waals surface area contributed by atoms with Gasteiger partial charge in [0.15, 0.2) is 17.1 Å². The van der Waals surface area contributed by atoms with Crippen LogP contribution >= 0.6 is 0 Å². The Hall–Kier alpha value is -4.07. The molecule has 0 fully saturated rings. The second kappa shape index (κ2) is 8.12. The lowest BCUT2D eigenvalue weighted by Gasteiger charge is -2.16. The Kier molecular flexibility index (Phi) is 5.21. The number of aromatic amines is 1. The standard InChI is InChI=1S/C22H20N4O4/c1-14(30-19-11-7-6-10-18(19)29-2)17-12-20(27)26-21(25-17)16(13-23-26)22(28)24-15-8-4-3-5-9-15/h3-14,23H,1-2H3,(H,24,28)/t14-/m0/s1. The average Bonchev–Trinajstić information content (AvgIpc) is 3.19. The molecule has 2 aromatic heterocycles. The highest BCUT2D eigenvalue weighted by Crippen LogP contribution is 2.30. The predicted molar refractivity (Wildman–Crippen MR) is 112 cm³/mol. The molecule has 8 nitrogen and oxygen atoms in total. The molecule has 4 aromatic rings. The molecule has 0 aliphatic carbocycles. The number of ether oxygens (including phenoxy) is 2. The van der Waals surface area contributed by atoms with Crippen molar-refractivity contribution in [3.8, 4) is 11.5 Å². The number of benzene rings is 2. The molecule has 4 rings (SSSR count). The summed E-state index contributed by atoms with van der Waals surface area (Å²) >= 11 is 0. The summed E-state index contributed by atoms with van der Waals surface area (Å²) in [4.78, 5) is 29.8. The van der Waals surface area contributed by atoms with E-state index in [-0.39, 0.29) is 22.7 Å². The SMILES string of the molecule is COc1ccccc1O[C@@H](C)c1cc(=O)n2[nH]cc(C(=O)Nc3ccccc3)c2n1. The maximum Gasteiger partial charge on any atom is 0.273 e. The number of rotatable bonds is 6. The van der Waals surface area contributed by atoms with Crippen LogP contribution in [0.2, 0.25) is 0 Å². The summed E-state index contributed by atoms with van der Waals surface area (Å²) in [5.74, 6) is 0.736. The van der Waals surface area contributed by atoms with Crippen LogP contribution in [0.3, 0.4) is 0 Å². The summed E-state index contributed by atoms with van der Waals surface area (Å²) in [6.45, 7) is 1.78. The fourth-order valence-electron chi connectivity index (χ4n) is 3.06. The zero-order valence-electron chi connectivity index (χ0n) is 16.5. The molecule has 2 aromatic carbocycles. The first kappa shape index (κ1) is 19.3. The first-order valence-corrected chi connectivity index (χ1v) is 9.34. The van der Waals surface area contributed by atoms with Gasteiger partial charge in [0.2, 0.25) is 0 Å². The summed E-state index contributed by atoms with van der Waals surface area (Å²) in [6, 6.07) is 17.7. The van der Waals surface area contributed by atoms with E-state index < -0.39 is 6.10 Å². The zero-order valence-corrected chi connectivity index (χ0v) is 16.5. The van der Waals surface area contributed by atoms with Gasteiger partial charge in [0.25, 0.3) is 11.5 Å².